The van der Waals surface area contributed by atoms with E-state index in [1.54, 1.807) is 0 Å². The number of fused-ring (bicyclic) bond motifs is 1. The Morgan fingerprint density at radius 2 is 1.86 bits per heavy atom. The molecule has 0 aliphatic carbocycles. The third kappa shape index (κ3) is 4.14. The number of nitrogens with one attached hydrogen (secondary N) is 1. The first-order valence-electron chi connectivity index (χ1n) is 7.71. The highest BCUT2D eigenvalue weighted by Crippen LogP contribution is 2.15. The lowest BCUT2D eigenvalue weighted by Crippen LogP contribution is -2.40. The summed E-state index contributed by atoms with van der Waals surface area (Å²) in [4.78, 5) is 17.6. The van der Waals surface area contributed by atoms with Crippen molar-refractivity contribution in [3.63, 3.8) is 0 Å². The highest BCUT2D eigenvalue weighted by atomic mass is 16.3. The predicted molar refractivity (Wildman–Crippen MR) is 87.5 cm³/mol. The molecule has 21 heavy (non-hydrogen) atoms. The molecule has 0 spiro atoms. The number of aromatic amines is 1. The maximum absolute atomic E-state index is 12.1. The first-order valence-corrected chi connectivity index (χ1v) is 7.71. The molecule has 0 fully saturated rings. The molecule has 0 bridgehead atoms. The fraction of sp³-hybridized carbons (Fsp3) is 0.529. The van der Waals surface area contributed by atoms with Crippen LogP contribution in [0.4, 0.5) is 0 Å². The van der Waals surface area contributed by atoms with Crippen LogP contribution in [-0.4, -0.2) is 39.8 Å². The monoisotopic (exact) mass is 288 g/mol. The van der Waals surface area contributed by atoms with Gasteiger partial charge in [0.2, 0.25) is 13.1 Å². The van der Waals surface area contributed by atoms with Crippen molar-refractivity contribution in [1.29, 1.82) is 0 Å². The van der Waals surface area contributed by atoms with Gasteiger partial charge in [0.25, 0.3) is 0 Å². The Bertz CT molecular complexity index is 593. The molecule has 1 N–H and O–H groups in total. The zero-order valence-corrected chi connectivity index (χ0v) is 13.5. The molecule has 0 saturated heterocycles. The second-order valence-corrected chi connectivity index (χ2v) is 6.19. The fourth-order valence-corrected chi connectivity index (χ4v) is 2.82. The molecule has 1 aromatic heterocycles. The largest absolute Gasteiger partial charge is 0.361 e. The predicted octanol–water partition coefficient (Wildman–Crippen LogP) is 3.57. The molecule has 0 saturated carbocycles. The van der Waals surface area contributed by atoms with Crippen LogP contribution < -0.4 is 0 Å². The zero-order chi connectivity index (χ0) is 15.4. The second kappa shape index (κ2) is 6.85. The summed E-state index contributed by atoms with van der Waals surface area (Å²) in [5, 5.41) is 1.16. The molecule has 114 valence electrons. The highest BCUT2D eigenvalue weighted by molar-refractivity contribution is 5.79. The van der Waals surface area contributed by atoms with Crippen molar-refractivity contribution in [2.45, 2.75) is 46.3 Å². The van der Waals surface area contributed by atoms with Gasteiger partial charge in [0, 0.05) is 39.0 Å². The Morgan fingerprint density at radius 1 is 1.14 bits per heavy atom. The molecular weight excluding hydrogens is 262 g/mol. The van der Waals surface area contributed by atoms with Crippen LogP contribution in [0.15, 0.2) is 30.5 Å². The van der Waals surface area contributed by atoms with Crippen LogP contribution in [0.25, 0.3) is 10.9 Å². The number of hydrogen-bond acceptors (Lipinski definition) is 2. The minimum Gasteiger partial charge on any atom is -0.361 e. The zero-order valence-electron chi connectivity index (χ0n) is 13.5. The van der Waals surface area contributed by atoms with Gasteiger partial charge < -0.3 is 4.98 Å². The molecule has 0 atom stereocenters. The first kappa shape index (κ1) is 15.7. The van der Waals surface area contributed by atoms with Gasteiger partial charge in [-0.25, -0.2) is 0 Å². The molecule has 1 heterocycles. The van der Waals surface area contributed by atoms with Crippen LogP contribution in [0.1, 0.15) is 33.3 Å². The molecular formula is C17H26N3O+. The van der Waals surface area contributed by atoms with Gasteiger partial charge in [-0.15, -0.1) is 0 Å². The molecule has 0 amide bonds. The second-order valence-electron chi connectivity index (χ2n) is 6.19. The number of H-pyrrole nitrogens is 1. The van der Waals surface area contributed by atoms with E-state index in [1.807, 2.05) is 24.4 Å². The van der Waals surface area contributed by atoms with Crippen LogP contribution >= 0.6 is 0 Å². The number of nitroso groups, excluding NO2 is 1. The summed E-state index contributed by atoms with van der Waals surface area (Å²) in [6.45, 7) is 10.5. The van der Waals surface area contributed by atoms with Crippen molar-refractivity contribution >= 4 is 10.9 Å². The smallest absolute Gasteiger partial charge is 0.217 e. The lowest BCUT2D eigenvalue weighted by Gasteiger charge is -2.28. The topological polar surface area (TPSA) is 39.1 Å². The molecule has 0 aliphatic rings. The Hall–Kier alpha value is -1.68. The van der Waals surface area contributed by atoms with Crippen molar-refractivity contribution in [2.75, 3.05) is 13.1 Å². The van der Waals surface area contributed by atoms with Gasteiger partial charge in [-0.2, -0.15) is 0 Å². The summed E-state index contributed by atoms with van der Waals surface area (Å²) in [6.07, 6.45) is 1.92. The normalized spacial score (nSPS) is 12.0. The molecule has 0 aliphatic heterocycles. The van der Waals surface area contributed by atoms with E-state index in [-0.39, 0.29) is 0 Å². The van der Waals surface area contributed by atoms with E-state index in [0.29, 0.717) is 25.2 Å². The van der Waals surface area contributed by atoms with Gasteiger partial charge in [0.05, 0.1) is 6.54 Å². The maximum atomic E-state index is 12.1. The van der Waals surface area contributed by atoms with Crippen LogP contribution in [0.2, 0.25) is 0 Å². The molecule has 0 unspecified atom stereocenters. The number of hydrogen-bond donors (Lipinski definition) is 1. The van der Waals surface area contributed by atoms with Crippen molar-refractivity contribution < 1.29 is 4.76 Å². The van der Waals surface area contributed by atoms with Gasteiger partial charge in [0.1, 0.15) is 0 Å². The Kier molecular flexibility index (Phi) is 5.12. The lowest BCUT2D eigenvalue weighted by molar-refractivity contribution is -0.564. The summed E-state index contributed by atoms with van der Waals surface area (Å²) in [6, 6.07) is 9.11. The number of nitrogens with zero attached hydrogens (tertiary/aromatic N) is 2. The highest BCUT2D eigenvalue weighted by Gasteiger charge is 2.18. The van der Waals surface area contributed by atoms with Gasteiger partial charge in [-0.3, -0.25) is 4.90 Å². The summed E-state index contributed by atoms with van der Waals surface area (Å²) in [5.41, 5.74) is 2.18. The molecule has 1 aromatic carbocycles. The minimum atomic E-state index is 0.450. The summed E-state index contributed by atoms with van der Waals surface area (Å²) >= 11 is 0. The first-order chi connectivity index (χ1) is 9.97. The number of benzene rings is 1. The van der Waals surface area contributed by atoms with E-state index in [9.17, 15) is 4.91 Å². The third-order valence-electron chi connectivity index (χ3n) is 3.91. The standard InChI is InChI=1S/C17H26N3O/c1-13(2)20(14(3)4)10-9-19(21)12-15-5-6-17-16(11-15)7-8-18-17/h5-8,11,13-14,18H,9-10,12H2,1-4H3/q+1. The number of aromatic nitrogens is 1. The fourth-order valence-electron chi connectivity index (χ4n) is 2.82. The minimum absolute atomic E-state index is 0.450. The van der Waals surface area contributed by atoms with E-state index in [0.717, 1.165) is 27.8 Å². The van der Waals surface area contributed by atoms with Gasteiger partial charge >= 0.3 is 0 Å². The number of rotatable bonds is 7. The van der Waals surface area contributed by atoms with Crippen molar-refractivity contribution in [2.24, 2.45) is 0 Å². The molecule has 2 rings (SSSR count). The van der Waals surface area contributed by atoms with E-state index in [1.165, 1.54) is 0 Å². The SMILES string of the molecule is CC(C)N(CC[N+](=O)Cc1ccc2[nH]ccc2c1)C(C)C. The van der Waals surface area contributed by atoms with E-state index in [2.05, 4.69) is 43.6 Å². The van der Waals surface area contributed by atoms with Crippen LogP contribution in [0, 0.1) is 4.91 Å². The van der Waals surface area contributed by atoms with Crippen molar-refractivity contribution in [1.82, 2.24) is 9.88 Å². The van der Waals surface area contributed by atoms with E-state index >= 15 is 0 Å². The Labute approximate surface area is 126 Å². The summed E-state index contributed by atoms with van der Waals surface area (Å²) < 4.78 is 1.16. The molecule has 4 heteroatoms. The van der Waals surface area contributed by atoms with E-state index < -0.39 is 0 Å². The quantitative estimate of drug-likeness (QED) is 0.791. The van der Waals surface area contributed by atoms with Crippen molar-refractivity contribution in [3.05, 3.63) is 40.9 Å². The summed E-state index contributed by atoms with van der Waals surface area (Å²) in [5.74, 6) is 0. The maximum Gasteiger partial charge on any atom is 0.217 e. The van der Waals surface area contributed by atoms with E-state index in [4.69, 9.17) is 0 Å². The van der Waals surface area contributed by atoms with Crippen LogP contribution in [0.3, 0.4) is 0 Å². The average molecular weight is 288 g/mol. The Morgan fingerprint density at radius 3 is 2.52 bits per heavy atom. The Balaban J connectivity index is 1.92. The van der Waals surface area contributed by atoms with Crippen molar-refractivity contribution in [3.8, 4) is 0 Å². The van der Waals surface area contributed by atoms with Gasteiger partial charge in [-0.05, 0) is 51.3 Å². The van der Waals surface area contributed by atoms with Crippen LogP contribution in [0.5, 0.6) is 0 Å². The van der Waals surface area contributed by atoms with Gasteiger partial charge in [0.15, 0.2) is 0 Å². The average Bonchev–Trinajstić information content (AvgIpc) is 2.85. The third-order valence-corrected chi connectivity index (χ3v) is 3.91. The van der Waals surface area contributed by atoms with Gasteiger partial charge in [-0.1, -0.05) is 6.07 Å². The molecule has 0 radical (unpaired) electrons. The lowest BCUT2D eigenvalue weighted by atomic mass is 10.1. The summed E-state index contributed by atoms with van der Waals surface area (Å²) in [7, 11) is 0. The molecule has 4 nitrogen and oxygen atoms in total. The van der Waals surface area contributed by atoms with Crippen LogP contribution in [-0.2, 0) is 6.54 Å². The molecule has 2 aromatic rings.